The van der Waals surface area contributed by atoms with Crippen molar-refractivity contribution in [1.82, 2.24) is 4.31 Å². The van der Waals surface area contributed by atoms with Crippen LogP contribution in [0.4, 0.5) is 5.82 Å². The van der Waals surface area contributed by atoms with E-state index in [9.17, 15) is 8.42 Å². The molecular weight excluding hydrogens is 286 g/mol. The number of H-pyrrole nitrogens is 1. The highest BCUT2D eigenvalue weighted by molar-refractivity contribution is 7.89. The molecule has 0 aromatic carbocycles. The summed E-state index contributed by atoms with van der Waals surface area (Å²) in [5.41, 5.74) is 0. The molecule has 1 saturated carbocycles. The van der Waals surface area contributed by atoms with Crippen LogP contribution in [0, 0.1) is 0 Å². The number of pyridine rings is 1. The Morgan fingerprint density at radius 1 is 1.05 bits per heavy atom. The van der Waals surface area contributed by atoms with E-state index in [2.05, 4.69) is 10.3 Å². The van der Waals surface area contributed by atoms with Gasteiger partial charge in [0.2, 0.25) is 10.0 Å². The molecule has 3 rings (SSSR count). The Labute approximate surface area is 126 Å². The molecule has 0 amide bonds. The molecule has 5 nitrogen and oxygen atoms in total. The summed E-state index contributed by atoms with van der Waals surface area (Å²) in [6, 6.07) is 4.06. The van der Waals surface area contributed by atoms with Crippen LogP contribution in [0.5, 0.6) is 0 Å². The lowest BCUT2D eigenvalue weighted by Crippen LogP contribution is -2.30. The Morgan fingerprint density at radius 3 is 2.38 bits per heavy atom. The van der Waals surface area contributed by atoms with E-state index >= 15 is 0 Å². The smallest absolute Gasteiger partial charge is 0.272 e. The van der Waals surface area contributed by atoms with Gasteiger partial charge >= 0.3 is 0 Å². The van der Waals surface area contributed by atoms with Gasteiger partial charge in [0.25, 0.3) is 5.82 Å². The lowest BCUT2D eigenvalue weighted by Gasteiger charge is -2.19. The van der Waals surface area contributed by atoms with Gasteiger partial charge in [-0.05, 0) is 44.6 Å². The zero-order chi connectivity index (χ0) is 14.7. The first kappa shape index (κ1) is 14.8. The maximum atomic E-state index is 12.4. The van der Waals surface area contributed by atoms with E-state index in [4.69, 9.17) is 0 Å². The lowest BCUT2D eigenvalue weighted by atomic mass is 9.95. The first-order valence-electron chi connectivity index (χ1n) is 7.95. The summed E-state index contributed by atoms with van der Waals surface area (Å²) in [5, 5.41) is 3.47. The average Bonchev–Trinajstić information content (AvgIpc) is 3.04. The highest BCUT2D eigenvalue weighted by atomic mass is 32.2. The highest BCUT2D eigenvalue weighted by Crippen LogP contribution is 2.22. The van der Waals surface area contributed by atoms with E-state index in [1.165, 1.54) is 32.1 Å². The Kier molecular flexibility index (Phi) is 4.45. The second kappa shape index (κ2) is 6.32. The van der Waals surface area contributed by atoms with E-state index in [0.717, 1.165) is 18.7 Å². The molecule has 0 spiro atoms. The summed E-state index contributed by atoms with van der Waals surface area (Å²) in [5.74, 6) is 0.905. The fourth-order valence-electron chi connectivity index (χ4n) is 3.21. The predicted molar refractivity (Wildman–Crippen MR) is 81.5 cm³/mol. The molecule has 0 bridgehead atoms. The Hall–Kier alpha value is -1.14. The molecule has 0 radical (unpaired) electrons. The van der Waals surface area contributed by atoms with E-state index in [1.54, 1.807) is 16.6 Å². The van der Waals surface area contributed by atoms with Crippen LogP contribution >= 0.6 is 0 Å². The maximum absolute atomic E-state index is 12.4. The Morgan fingerprint density at radius 2 is 1.76 bits per heavy atom. The SMILES string of the molecule is O=S(=O)(c1ccc(NC2CCCCC2)[nH+]c1)N1CCCC1. The van der Waals surface area contributed by atoms with Crippen LogP contribution in [-0.2, 0) is 10.0 Å². The Balaban J connectivity index is 1.68. The summed E-state index contributed by atoms with van der Waals surface area (Å²) in [6.07, 6.45) is 9.81. The average molecular weight is 310 g/mol. The van der Waals surface area contributed by atoms with Gasteiger partial charge in [-0.1, -0.05) is 6.42 Å². The second-order valence-electron chi connectivity index (χ2n) is 6.03. The van der Waals surface area contributed by atoms with Gasteiger partial charge < -0.3 is 0 Å². The molecule has 1 aromatic rings. The number of hydrogen-bond donors (Lipinski definition) is 1. The van der Waals surface area contributed by atoms with Crippen LogP contribution in [-0.4, -0.2) is 31.9 Å². The molecule has 2 fully saturated rings. The van der Waals surface area contributed by atoms with Crippen molar-refractivity contribution in [3.63, 3.8) is 0 Å². The van der Waals surface area contributed by atoms with Crippen molar-refractivity contribution in [2.45, 2.75) is 55.9 Å². The molecule has 1 saturated heterocycles. The number of sulfonamides is 1. The zero-order valence-corrected chi connectivity index (χ0v) is 13.2. The fraction of sp³-hybridized carbons (Fsp3) is 0.667. The molecule has 0 atom stereocenters. The summed E-state index contributed by atoms with van der Waals surface area (Å²) >= 11 is 0. The lowest BCUT2D eigenvalue weighted by molar-refractivity contribution is -0.364. The minimum absolute atomic E-state index is 0.360. The van der Waals surface area contributed by atoms with Crippen molar-refractivity contribution < 1.29 is 13.4 Å². The van der Waals surface area contributed by atoms with E-state index in [-0.39, 0.29) is 0 Å². The molecule has 1 aromatic heterocycles. The van der Waals surface area contributed by atoms with Crippen LogP contribution in [0.1, 0.15) is 44.9 Å². The molecule has 1 aliphatic heterocycles. The third-order valence-electron chi connectivity index (χ3n) is 4.45. The van der Waals surface area contributed by atoms with Crippen molar-refractivity contribution in [1.29, 1.82) is 0 Å². The van der Waals surface area contributed by atoms with Gasteiger partial charge in [-0.2, -0.15) is 4.31 Å². The summed E-state index contributed by atoms with van der Waals surface area (Å²) in [4.78, 5) is 3.46. The van der Waals surface area contributed by atoms with Crippen LogP contribution < -0.4 is 10.3 Å². The van der Waals surface area contributed by atoms with Crippen LogP contribution in [0.2, 0.25) is 0 Å². The quantitative estimate of drug-likeness (QED) is 0.925. The van der Waals surface area contributed by atoms with E-state index in [0.29, 0.717) is 24.0 Å². The minimum Gasteiger partial charge on any atom is -0.272 e. The molecule has 1 aliphatic carbocycles. The van der Waals surface area contributed by atoms with Crippen molar-refractivity contribution in [3.8, 4) is 0 Å². The molecule has 116 valence electrons. The molecule has 6 heteroatoms. The van der Waals surface area contributed by atoms with Gasteiger partial charge in [-0.25, -0.2) is 13.4 Å². The molecule has 2 N–H and O–H groups in total. The summed E-state index contributed by atoms with van der Waals surface area (Å²) in [6.45, 7) is 1.29. The fourth-order valence-corrected chi connectivity index (χ4v) is 4.69. The van der Waals surface area contributed by atoms with Gasteiger partial charge in [-0.15, -0.1) is 0 Å². The van der Waals surface area contributed by atoms with Gasteiger partial charge in [0, 0.05) is 19.2 Å². The number of hydrogen-bond acceptors (Lipinski definition) is 3. The zero-order valence-electron chi connectivity index (χ0n) is 12.3. The van der Waals surface area contributed by atoms with Crippen LogP contribution in [0.3, 0.4) is 0 Å². The second-order valence-corrected chi connectivity index (χ2v) is 7.97. The van der Waals surface area contributed by atoms with E-state index in [1.807, 2.05) is 6.07 Å². The van der Waals surface area contributed by atoms with Crippen molar-refractivity contribution in [2.24, 2.45) is 0 Å². The number of aromatic nitrogens is 1. The number of nitrogens with zero attached hydrogens (tertiary/aromatic N) is 1. The summed E-state index contributed by atoms with van der Waals surface area (Å²) < 4.78 is 26.4. The van der Waals surface area contributed by atoms with Crippen molar-refractivity contribution in [3.05, 3.63) is 18.3 Å². The first-order chi connectivity index (χ1) is 10.2. The Bertz CT molecular complexity index is 559. The molecule has 21 heavy (non-hydrogen) atoms. The molecule has 0 unspecified atom stereocenters. The highest BCUT2D eigenvalue weighted by Gasteiger charge is 2.28. The number of aromatic amines is 1. The van der Waals surface area contributed by atoms with Crippen LogP contribution in [0.15, 0.2) is 23.2 Å². The van der Waals surface area contributed by atoms with Crippen molar-refractivity contribution in [2.75, 3.05) is 18.4 Å². The van der Waals surface area contributed by atoms with Crippen LogP contribution in [0.25, 0.3) is 0 Å². The predicted octanol–water partition coefficient (Wildman–Crippen LogP) is 2.03. The van der Waals surface area contributed by atoms with Gasteiger partial charge in [0.05, 0.1) is 6.04 Å². The third-order valence-corrected chi connectivity index (χ3v) is 6.35. The minimum atomic E-state index is -3.31. The number of anilines is 1. The van der Waals surface area contributed by atoms with Gasteiger partial charge in [0.1, 0.15) is 11.1 Å². The molecule has 2 heterocycles. The maximum Gasteiger partial charge on any atom is 0.272 e. The molecular formula is C15H24N3O2S+. The summed E-state index contributed by atoms with van der Waals surface area (Å²) in [7, 11) is -3.31. The topological polar surface area (TPSA) is 63.6 Å². The standard InChI is InChI=1S/C15H23N3O2S/c19-21(20,18-10-4-5-11-18)14-8-9-15(16-12-14)17-13-6-2-1-3-7-13/h8-9,12-13H,1-7,10-11H2,(H,16,17)/p+1. The van der Waals surface area contributed by atoms with Crippen molar-refractivity contribution >= 4 is 15.8 Å². The number of rotatable bonds is 4. The largest absolute Gasteiger partial charge is 0.272 e. The number of nitrogens with one attached hydrogen (secondary N) is 2. The monoisotopic (exact) mass is 310 g/mol. The van der Waals surface area contributed by atoms with Gasteiger partial charge in [0.15, 0.2) is 0 Å². The van der Waals surface area contributed by atoms with E-state index < -0.39 is 10.0 Å². The molecule has 2 aliphatic rings. The third kappa shape index (κ3) is 3.37. The normalized spacial score (nSPS) is 21.5. The first-order valence-corrected chi connectivity index (χ1v) is 9.39. The van der Waals surface area contributed by atoms with Gasteiger partial charge in [-0.3, -0.25) is 5.32 Å².